The molecule has 0 aromatic carbocycles. The van der Waals surface area contributed by atoms with Crippen molar-refractivity contribution >= 4 is 11.3 Å². The van der Waals surface area contributed by atoms with Gasteiger partial charge in [0.05, 0.1) is 19.3 Å². The van der Waals surface area contributed by atoms with Crippen molar-refractivity contribution in [2.24, 2.45) is 0 Å². The molecule has 3 atom stereocenters. The Hall–Kier alpha value is -0.460. The molecule has 1 saturated heterocycles. The number of hydrazine groups is 1. The first-order valence-corrected chi connectivity index (χ1v) is 8.35. The zero-order valence-electron chi connectivity index (χ0n) is 12.4. The molecule has 4 nitrogen and oxygen atoms in total. The van der Waals surface area contributed by atoms with Crippen molar-refractivity contribution in [2.45, 2.75) is 57.9 Å². The second kappa shape index (κ2) is 8.10. The molecule has 20 heavy (non-hydrogen) atoms. The number of thiophene rings is 1. The zero-order valence-corrected chi connectivity index (χ0v) is 13.2. The van der Waals surface area contributed by atoms with Gasteiger partial charge in [0, 0.05) is 23.5 Å². The van der Waals surface area contributed by atoms with E-state index in [1.54, 1.807) is 11.3 Å². The van der Waals surface area contributed by atoms with Crippen molar-refractivity contribution in [3.05, 3.63) is 22.4 Å². The average molecular weight is 298 g/mol. The Labute approximate surface area is 125 Å². The largest absolute Gasteiger partial charge is 0.389 e. The van der Waals surface area contributed by atoms with Gasteiger partial charge in [-0.1, -0.05) is 12.5 Å². The van der Waals surface area contributed by atoms with E-state index in [1.807, 2.05) is 17.5 Å². The van der Waals surface area contributed by atoms with Crippen molar-refractivity contribution in [3.8, 4) is 0 Å². The molecule has 3 unspecified atom stereocenters. The molecule has 2 heterocycles. The predicted octanol–water partition coefficient (Wildman–Crippen LogP) is 2.39. The Morgan fingerprint density at radius 1 is 1.45 bits per heavy atom. The van der Waals surface area contributed by atoms with Gasteiger partial charge in [-0.2, -0.15) is 0 Å². The fourth-order valence-corrected chi connectivity index (χ4v) is 3.33. The van der Waals surface area contributed by atoms with Gasteiger partial charge < -0.3 is 9.84 Å². The number of aliphatic hydroxyl groups is 1. The Balaban J connectivity index is 1.62. The summed E-state index contributed by atoms with van der Waals surface area (Å²) in [7, 11) is 0. The van der Waals surface area contributed by atoms with Crippen LogP contribution in [0.25, 0.3) is 0 Å². The summed E-state index contributed by atoms with van der Waals surface area (Å²) in [6, 6.07) is 5.14. The van der Waals surface area contributed by atoms with Crippen LogP contribution in [0.15, 0.2) is 17.5 Å². The highest BCUT2D eigenvalue weighted by atomic mass is 32.1. The highest BCUT2D eigenvalue weighted by Gasteiger charge is 2.24. The Morgan fingerprint density at radius 2 is 2.20 bits per heavy atom. The summed E-state index contributed by atoms with van der Waals surface area (Å²) >= 11 is 1.68. The molecule has 0 amide bonds. The molecule has 1 aromatic rings. The zero-order chi connectivity index (χ0) is 14.4. The van der Waals surface area contributed by atoms with Gasteiger partial charge in [-0.05, 0) is 38.1 Å². The normalized spacial score (nSPS) is 25.8. The van der Waals surface area contributed by atoms with Crippen molar-refractivity contribution in [2.75, 3.05) is 13.2 Å². The molecule has 5 heteroatoms. The third-order valence-corrected chi connectivity index (χ3v) is 4.69. The van der Waals surface area contributed by atoms with Crippen molar-refractivity contribution < 1.29 is 9.84 Å². The molecule has 0 aliphatic carbocycles. The van der Waals surface area contributed by atoms with E-state index in [0.29, 0.717) is 31.8 Å². The summed E-state index contributed by atoms with van der Waals surface area (Å²) in [6.07, 6.45) is 3.29. The second-order valence-corrected chi connectivity index (χ2v) is 6.68. The van der Waals surface area contributed by atoms with E-state index in [9.17, 15) is 5.11 Å². The maximum absolute atomic E-state index is 9.97. The first-order chi connectivity index (χ1) is 9.66. The van der Waals surface area contributed by atoms with Crippen LogP contribution < -0.4 is 5.43 Å². The molecule has 0 radical (unpaired) electrons. The third kappa shape index (κ3) is 4.82. The van der Waals surface area contributed by atoms with Crippen LogP contribution in [-0.2, 0) is 11.3 Å². The number of rotatable bonds is 7. The summed E-state index contributed by atoms with van der Waals surface area (Å²) in [4.78, 5) is 1.20. The lowest BCUT2D eigenvalue weighted by atomic mass is 10.00. The van der Waals surface area contributed by atoms with E-state index in [2.05, 4.69) is 24.3 Å². The van der Waals surface area contributed by atoms with Crippen molar-refractivity contribution in [3.63, 3.8) is 0 Å². The Kier molecular flexibility index (Phi) is 6.45. The van der Waals surface area contributed by atoms with Crippen LogP contribution in [0.2, 0.25) is 0 Å². The van der Waals surface area contributed by atoms with Crippen LogP contribution in [0.4, 0.5) is 0 Å². The van der Waals surface area contributed by atoms with Crippen molar-refractivity contribution in [1.82, 2.24) is 10.4 Å². The first-order valence-electron chi connectivity index (χ1n) is 7.47. The highest BCUT2D eigenvalue weighted by molar-refractivity contribution is 7.09. The van der Waals surface area contributed by atoms with E-state index in [-0.39, 0.29) is 0 Å². The van der Waals surface area contributed by atoms with Crippen LogP contribution in [0.3, 0.4) is 0 Å². The van der Waals surface area contributed by atoms with E-state index < -0.39 is 6.10 Å². The number of piperidine rings is 1. The monoisotopic (exact) mass is 298 g/mol. The summed E-state index contributed by atoms with van der Waals surface area (Å²) in [5.74, 6) is 0. The number of hydrogen-bond acceptors (Lipinski definition) is 5. The number of nitrogens with zero attached hydrogens (tertiary/aromatic N) is 1. The number of ether oxygens (including phenoxy) is 1. The predicted molar refractivity (Wildman–Crippen MR) is 82.6 cm³/mol. The molecule has 0 bridgehead atoms. The van der Waals surface area contributed by atoms with Gasteiger partial charge in [0.1, 0.15) is 0 Å². The minimum Gasteiger partial charge on any atom is -0.389 e. The van der Waals surface area contributed by atoms with Gasteiger partial charge in [0.15, 0.2) is 0 Å². The van der Waals surface area contributed by atoms with Gasteiger partial charge in [0.25, 0.3) is 0 Å². The molecule has 2 N–H and O–H groups in total. The summed E-state index contributed by atoms with van der Waals surface area (Å²) in [5.41, 5.74) is 3.37. The maximum atomic E-state index is 9.97. The summed E-state index contributed by atoms with van der Waals surface area (Å²) < 4.78 is 5.54. The fourth-order valence-electron chi connectivity index (χ4n) is 2.69. The topological polar surface area (TPSA) is 44.7 Å². The minimum atomic E-state index is -0.462. The van der Waals surface area contributed by atoms with E-state index >= 15 is 0 Å². The maximum Gasteiger partial charge on any atom is 0.0911 e. The molecule has 2 rings (SSSR count). The Morgan fingerprint density at radius 3 is 2.85 bits per heavy atom. The third-order valence-electron chi connectivity index (χ3n) is 3.84. The van der Waals surface area contributed by atoms with Crippen LogP contribution in [0.1, 0.15) is 38.0 Å². The van der Waals surface area contributed by atoms with E-state index in [1.165, 1.54) is 24.1 Å². The highest BCUT2D eigenvalue weighted by Crippen LogP contribution is 2.20. The van der Waals surface area contributed by atoms with Gasteiger partial charge in [0.2, 0.25) is 0 Å². The van der Waals surface area contributed by atoms with Crippen LogP contribution in [-0.4, -0.2) is 41.5 Å². The van der Waals surface area contributed by atoms with Gasteiger partial charge in [-0.15, -0.1) is 11.3 Å². The molecule has 1 aromatic heterocycles. The second-order valence-electron chi connectivity index (χ2n) is 5.65. The minimum absolute atomic E-state index is 0.376. The summed E-state index contributed by atoms with van der Waals surface area (Å²) in [6.45, 7) is 6.00. The Bertz CT molecular complexity index is 362. The molecule has 1 fully saturated rings. The first kappa shape index (κ1) is 15.9. The van der Waals surface area contributed by atoms with E-state index in [4.69, 9.17) is 4.74 Å². The fraction of sp³-hybridized carbons (Fsp3) is 0.733. The molecule has 1 aliphatic heterocycles. The molecule has 114 valence electrons. The SMILES string of the molecule is CC1CCCC(C)N1NCC(O)COCc1cccs1. The standard InChI is InChI=1S/C15H26N2O2S/c1-12-5-3-6-13(2)17(12)16-9-14(18)10-19-11-15-7-4-8-20-15/h4,7-8,12-14,16,18H,3,5-6,9-11H2,1-2H3. The van der Waals surface area contributed by atoms with Gasteiger partial charge in [-0.25, -0.2) is 5.01 Å². The quantitative estimate of drug-likeness (QED) is 0.811. The lowest BCUT2D eigenvalue weighted by Crippen LogP contribution is -2.54. The lowest BCUT2D eigenvalue weighted by molar-refractivity contribution is -0.00589. The van der Waals surface area contributed by atoms with Gasteiger partial charge >= 0.3 is 0 Å². The summed E-state index contributed by atoms with van der Waals surface area (Å²) in [5, 5.41) is 14.3. The molecule has 0 saturated carbocycles. The smallest absolute Gasteiger partial charge is 0.0911 e. The van der Waals surface area contributed by atoms with E-state index in [0.717, 1.165) is 0 Å². The lowest BCUT2D eigenvalue weighted by Gasteiger charge is -2.39. The van der Waals surface area contributed by atoms with Crippen LogP contribution in [0, 0.1) is 0 Å². The number of nitrogens with one attached hydrogen (secondary N) is 1. The molecular weight excluding hydrogens is 272 g/mol. The molecular formula is C15H26N2O2S. The average Bonchev–Trinajstić information content (AvgIpc) is 2.91. The number of aliphatic hydroxyl groups excluding tert-OH is 1. The van der Waals surface area contributed by atoms with Gasteiger partial charge in [-0.3, -0.25) is 5.43 Å². The van der Waals surface area contributed by atoms with Crippen molar-refractivity contribution in [1.29, 1.82) is 0 Å². The molecule has 0 spiro atoms. The van der Waals surface area contributed by atoms with Crippen LogP contribution >= 0.6 is 11.3 Å². The molecule has 1 aliphatic rings. The van der Waals surface area contributed by atoms with Crippen LogP contribution in [0.5, 0.6) is 0 Å². The number of hydrogen-bond donors (Lipinski definition) is 2.